The second-order valence-corrected chi connectivity index (χ2v) is 6.33. The first-order valence-electron chi connectivity index (χ1n) is 8.18. The molecular formula is C20H26N2O. The maximum Gasteiger partial charge on any atom is 0.233 e. The van der Waals surface area contributed by atoms with Crippen LogP contribution >= 0.6 is 0 Å². The predicted octanol–water partition coefficient (Wildman–Crippen LogP) is 3.45. The van der Waals surface area contributed by atoms with Crippen molar-refractivity contribution >= 4 is 5.91 Å². The second kappa shape index (κ2) is 8.49. The van der Waals surface area contributed by atoms with Gasteiger partial charge in [-0.25, -0.2) is 0 Å². The summed E-state index contributed by atoms with van der Waals surface area (Å²) in [5, 5.41) is 6.33. The van der Waals surface area contributed by atoms with Crippen LogP contribution in [0.1, 0.15) is 36.6 Å². The zero-order valence-corrected chi connectivity index (χ0v) is 14.2. The molecule has 1 amide bonds. The minimum absolute atomic E-state index is 0.0154. The van der Waals surface area contributed by atoms with E-state index in [0.717, 1.165) is 5.56 Å². The number of benzene rings is 2. The zero-order valence-electron chi connectivity index (χ0n) is 14.2. The van der Waals surface area contributed by atoms with Crippen LogP contribution in [0.4, 0.5) is 0 Å². The van der Waals surface area contributed by atoms with Gasteiger partial charge in [-0.15, -0.1) is 0 Å². The maximum atomic E-state index is 12.0. The number of nitrogens with one attached hydrogen (secondary N) is 2. The van der Waals surface area contributed by atoms with E-state index in [-0.39, 0.29) is 11.9 Å². The van der Waals surface area contributed by atoms with E-state index in [2.05, 4.69) is 67.8 Å². The molecule has 0 saturated carbocycles. The summed E-state index contributed by atoms with van der Waals surface area (Å²) < 4.78 is 0. The Morgan fingerprint density at radius 3 is 2.17 bits per heavy atom. The van der Waals surface area contributed by atoms with Crippen molar-refractivity contribution in [3.63, 3.8) is 0 Å². The summed E-state index contributed by atoms with van der Waals surface area (Å²) in [5.74, 6) is 0.493. The lowest BCUT2D eigenvalue weighted by Crippen LogP contribution is -2.37. The van der Waals surface area contributed by atoms with E-state index >= 15 is 0 Å². The molecule has 0 aliphatic carbocycles. The summed E-state index contributed by atoms with van der Waals surface area (Å²) in [6, 6.07) is 18.7. The van der Waals surface area contributed by atoms with E-state index in [1.54, 1.807) is 0 Å². The van der Waals surface area contributed by atoms with Crippen LogP contribution in [-0.4, -0.2) is 19.0 Å². The van der Waals surface area contributed by atoms with Crippen molar-refractivity contribution in [3.8, 4) is 0 Å². The molecule has 3 heteroatoms. The molecule has 0 saturated heterocycles. The molecule has 0 heterocycles. The van der Waals surface area contributed by atoms with Crippen LogP contribution in [0.2, 0.25) is 0 Å². The molecule has 0 aliphatic rings. The Morgan fingerprint density at radius 2 is 1.57 bits per heavy atom. The van der Waals surface area contributed by atoms with Gasteiger partial charge in [0.05, 0.1) is 12.6 Å². The highest BCUT2D eigenvalue weighted by Crippen LogP contribution is 2.22. The fourth-order valence-corrected chi connectivity index (χ4v) is 2.41. The summed E-state index contributed by atoms with van der Waals surface area (Å²) in [7, 11) is 0. The Kier molecular flexibility index (Phi) is 6.36. The van der Waals surface area contributed by atoms with Gasteiger partial charge >= 0.3 is 0 Å². The van der Waals surface area contributed by atoms with Gasteiger partial charge in [-0.05, 0) is 24.0 Å². The number of hydrogen-bond acceptors (Lipinski definition) is 2. The smallest absolute Gasteiger partial charge is 0.233 e. The summed E-state index contributed by atoms with van der Waals surface area (Å²) in [4.78, 5) is 12.0. The van der Waals surface area contributed by atoms with Gasteiger partial charge < -0.3 is 5.32 Å². The highest BCUT2D eigenvalue weighted by atomic mass is 16.1. The average molecular weight is 310 g/mol. The monoisotopic (exact) mass is 310 g/mol. The Hall–Kier alpha value is -2.13. The molecule has 2 aromatic rings. The fraction of sp³-hybridized carbons (Fsp3) is 0.350. The van der Waals surface area contributed by atoms with Crippen LogP contribution in [0, 0.1) is 12.8 Å². The first-order valence-corrected chi connectivity index (χ1v) is 8.18. The number of aryl methyl sites for hydroxylation is 1. The first kappa shape index (κ1) is 17.2. The summed E-state index contributed by atoms with van der Waals surface area (Å²) in [6.07, 6.45) is 0. The molecule has 0 aromatic heterocycles. The quantitative estimate of drug-likeness (QED) is 0.822. The molecule has 0 radical (unpaired) electrons. The topological polar surface area (TPSA) is 41.1 Å². The highest BCUT2D eigenvalue weighted by molar-refractivity contribution is 5.78. The minimum atomic E-state index is 0.0154. The van der Waals surface area contributed by atoms with Crippen molar-refractivity contribution in [2.24, 2.45) is 5.92 Å². The van der Waals surface area contributed by atoms with Crippen LogP contribution in [0.15, 0.2) is 54.6 Å². The van der Waals surface area contributed by atoms with Crippen LogP contribution in [0.25, 0.3) is 0 Å². The second-order valence-electron chi connectivity index (χ2n) is 6.33. The van der Waals surface area contributed by atoms with E-state index in [0.29, 0.717) is 19.0 Å². The van der Waals surface area contributed by atoms with Crippen LogP contribution < -0.4 is 10.6 Å². The molecule has 1 atom stereocenters. The molecule has 2 rings (SSSR count). The lowest BCUT2D eigenvalue weighted by Gasteiger charge is -2.20. The van der Waals surface area contributed by atoms with E-state index in [1.807, 2.05) is 18.2 Å². The van der Waals surface area contributed by atoms with Crippen molar-refractivity contribution in [1.29, 1.82) is 0 Å². The molecule has 0 fully saturated rings. The Balaban J connectivity index is 2.09. The van der Waals surface area contributed by atoms with Crippen molar-refractivity contribution in [2.45, 2.75) is 26.8 Å². The van der Waals surface area contributed by atoms with Gasteiger partial charge in [0.25, 0.3) is 0 Å². The van der Waals surface area contributed by atoms with Gasteiger partial charge in [-0.2, -0.15) is 0 Å². The third-order valence-electron chi connectivity index (χ3n) is 3.72. The summed E-state index contributed by atoms with van der Waals surface area (Å²) in [5.41, 5.74) is 3.56. The first-order chi connectivity index (χ1) is 11.1. The number of carbonyl (C=O) groups is 1. The molecule has 0 bridgehead atoms. The van der Waals surface area contributed by atoms with Crippen molar-refractivity contribution in [1.82, 2.24) is 10.6 Å². The lowest BCUT2D eigenvalue weighted by atomic mass is 9.98. The highest BCUT2D eigenvalue weighted by Gasteiger charge is 2.14. The SMILES string of the molecule is Cc1ccc([C@@H](NCC(=O)NCC(C)C)c2ccccc2)cc1. The van der Waals surface area contributed by atoms with E-state index in [4.69, 9.17) is 0 Å². The Morgan fingerprint density at radius 1 is 0.957 bits per heavy atom. The third-order valence-corrected chi connectivity index (χ3v) is 3.72. The van der Waals surface area contributed by atoms with Gasteiger partial charge in [-0.1, -0.05) is 74.0 Å². The van der Waals surface area contributed by atoms with Gasteiger partial charge in [0.2, 0.25) is 5.91 Å². The molecule has 2 N–H and O–H groups in total. The molecule has 122 valence electrons. The molecule has 23 heavy (non-hydrogen) atoms. The van der Waals surface area contributed by atoms with Crippen LogP contribution in [0.5, 0.6) is 0 Å². The fourth-order valence-electron chi connectivity index (χ4n) is 2.41. The number of rotatable bonds is 7. The van der Waals surface area contributed by atoms with E-state index in [1.165, 1.54) is 11.1 Å². The third kappa shape index (κ3) is 5.53. The normalized spacial score (nSPS) is 12.2. The number of amides is 1. The molecule has 2 aromatic carbocycles. The Bertz CT molecular complexity index is 605. The van der Waals surface area contributed by atoms with Crippen molar-refractivity contribution < 1.29 is 4.79 Å². The Labute approximate surface area is 139 Å². The van der Waals surface area contributed by atoms with Gasteiger partial charge in [0.15, 0.2) is 0 Å². The van der Waals surface area contributed by atoms with Crippen molar-refractivity contribution in [2.75, 3.05) is 13.1 Å². The molecular weight excluding hydrogens is 284 g/mol. The molecule has 3 nitrogen and oxygen atoms in total. The van der Waals surface area contributed by atoms with E-state index < -0.39 is 0 Å². The number of hydrogen-bond donors (Lipinski definition) is 2. The summed E-state index contributed by atoms with van der Waals surface area (Å²) in [6.45, 7) is 7.27. The largest absolute Gasteiger partial charge is 0.355 e. The van der Waals surface area contributed by atoms with E-state index in [9.17, 15) is 4.79 Å². The maximum absolute atomic E-state index is 12.0. The molecule has 0 unspecified atom stereocenters. The lowest BCUT2D eigenvalue weighted by molar-refractivity contribution is -0.120. The van der Waals surface area contributed by atoms with Gasteiger partial charge in [0.1, 0.15) is 0 Å². The van der Waals surface area contributed by atoms with Gasteiger partial charge in [-0.3, -0.25) is 10.1 Å². The minimum Gasteiger partial charge on any atom is -0.355 e. The van der Waals surface area contributed by atoms with Gasteiger partial charge in [0, 0.05) is 6.54 Å². The zero-order chi connectivity index (χ0) is 16.7. The molecule has 0 aliphatic heterocycles. The predicted molar refractivity (Wildman–Crippen MR) is 95.3 cm³/mol. The average Bonchev–Trinajstić information content (AvgIpc) is 2.55. The summed E-state index contributed by atoms with van der Waals surface area (Å²) >= 11 is 0. The van der Waals surface area contributed by atoms with Crippen LogP contribution in [-0.2, 0) is 4.79 Å². The van der Waals surface area contributed by atoms with Crippen molar-refractivity contribution in [3.05, 3.63) is 71.3 Å². The standard InChI is InChI=1S/C20H26N2O/c1-15(2)13-21-19(23)14-22-20(17-7-5-4-6-8-17)18-11-9-16(3)10-12-18/h4-12,15,20,22H,13-14H2,1-3H3,(H,21,23)/t20-/m0/s1. The number of carbonyl (C=O) groups excluding carboxylic acids is 1. The van der Waals surface area contributed by atoms with Crippen LogP contribution in [0.3, 0.4) is 0 Å². The molecule has 0 spiro atoms.